The zero-order chi connectivity index (χ0) is 20.3. The Hall–Kier alpha value is -3.58. The number of aromatic nitrogens is 4. The molecule has 0 N–H and O–H groups in total. The molecule has 7 nitrogen and oxygen atoms in total. The largest absolute Gasteiger partial charge is 0.381 e. The summed E-state index contributed by atoms with van der Waals surface area (Å²) in [6.45, 7) is 2.13. The van der Waals surface area contributed by atoms with Crippen LogP contribution in [0.5, 0.6) is 0 Å². The molecule has 5 rings (SSSR count). The third-order valence-electron chi connectivity index (χ3n) is 5.33. The lowest BCUT2D eigenvalue weighted by molar-refractivity contribution is -0.120. The first-order valence-corrected chi connectivity index (χ1v) is 9.95. The topological polar surface area (TPSA) is 73.1 Å². The number of nitrogens with zero attached hydrogens (tertiary/aromatic N) is 5. The summed E-state index contributed by atoms with van der Waals surface area (Å²) in [7, 11) is 0. The van der Waals surface area contributed by atoms with E-state index in [4.69, 9.17) is 4.74 Å². The monoisotopic (exact) mass is 399 g/mol. The molecule has 1 saturated heterocycles. The summed E-state index contributed by atoms with van der Waals surface area (Å²) in [4.78, 5) is 19.3. The summed E-state index contributed by atoms with van der Waals surface area (Å²) >= 11 is 0. The van der Waals surface area contributed by atoms with Crippen LogP contribution in [0.25, 0.3) is 22.2 Å². The molecule has 7 heteroatoms. The predicted octanol–water partition coefficient (Wildman–Crippen LogP) is 3.17. The van der Waals surface area contributed by atoms with Gasteiger partial charge in [-0.3, -0.25) is 9.78 Å². The van der Waals surface area contributed by atoms with Crippen molar-refractivity contribution in [3.8, 4) is 11.1 Å². The second-order valence-electron chi connectivity index (χ2n) is 7.43. The van der Waals surface area contributed by atoms with Gasteiger partial charge in [-0.2, -0.15) is 0 Å². The number of anilines is 1. The molecule has 1 aliphatic heterocycles. The van der Waals surface area contributed by atoms with Gasteiger partial charge in [0, 0.05) is 30.5 Å². The van der Waals surface area contributed by atoms with E-state index in [0.29, 0.717) is 25.7 Å². The van der Waals surface area contributed by atoms with Gasteiger partial charge in [0.2, 0.25) is 5.91 Å². The molecule has 2 aromatic heterocycles. The lowest BCUT2D eigenvalue weighted by Gasteiger charge is -2.32. The van der Waals surface area contributed by atoms with Crippen molar-refractivity contribution in [2.75, 3.05) is 24.7 Å². The van der Waals surface area contributed by atoms with Gasteiger partial charge in [-0.25, -0.2) is 4.68 Å². The molecule has 30 heavy (non-hydrogen) atoms. The second-order valence-corrected chi connectivity index (χ2v) is 7.43. The molecule has 0 spiro atoms. The fraction of sp³-hybridized carbons (Fsp3) is 0.217. The van der Waals surface area contributed by atoms with Gasteiger partial charge in [-0.1, -0.05) is 35.5 Å². The van der Waals surface area contributed by atoms with E-state index in [0.717, 1.165) is 27.8 Å². The molecule has 0 radical (unpaired) electrons. The summed E-state index contributed by atoms with van der Waals surface area (Å²) in [6, 6.07) is 19.6. The average molecular weight is 399 g/mol. The first-order chi connectivity index (χ1) is 14.8. The van der Waals surface area contributed by atoms with Gasteiger partial charge < -0.3 is 9.64 Å². The summed E-state index contributed by atoms with van der Waals surface area (Å²) in [5, 5.41) is 8.32. The Bertz CT molecular complexity index is 1150. The normalized spacial score (nSPS) is 13.9. The lowest BCUT2D eigenvalue weighted by Crippen LogP contribution is -2.43. The molecule has 1 amide bonds. The van der Waals surface area contributed by atoms with Crippen LogP contribution in [0.1, 0.15) is 0 Å². The van der Waals surface area contributed by atoms with Gasteiger partial charge in [0.15, 0.2) is 0 Å². The minimum atomic E-state index is -0.0216. The number of para-hydroxylation sites is 1. The van der Waals surface area contributed by atoms with Gasteiger partial charge in [0.1, 0.15) is 12.1 Å². The molecule has 0 atom stereocenters. The zero-order valence-electron chi connectivity index (χ0n) is 16.4. The van der Waals surface area contributed by atoms with Crippen LogP contribution in [0.4, 0.5) is 5.69 Å². The van der Waals surface area contributed by atoms with Crippen LogP contribution < -0.4 is 4.90 Å². The van der Waals surface area contributed by atoms with Crippen molar-refractivity contribution in [2.24, 2.45) is 5.92 Å². The van der Waals surface area contributed by atoms with Gasteiger partial charge >= 0.3 is 0 Å². The van der Waals surface area contributed by atoms with Gasteiger partial charge in [-0.05, 0) is 41.5 Å². The molecule has 150 valence electrons. The zero-order valence-corrected chi connectivity index (χ0v) is 16.4. The number of hydrogen-bond donors (Lipinski definition) is 0. The molecule has 0 unspecified atom stereocenters. The predicted molar refractivity (Wildman–Crippen MR) is 114 cm³/mol. The van der Waals surface area contributed by atoms with E-state index in [1.807, 2.05) is 71.8 Å². The lowest BCUT2D eigenvalue weighted by atomic mass is 10.1. The highest BCUT2D eigenvalue weighted by Gasteiger charge is 2.26. The number of rotatable bonds is 6. The number of benzene rings is 2. The number of amides is 1. The molecule has 1 aliphatic rings. The van der Waals surface area contributed by atoms with Crippen molar-refractivity contribution >= 4 is 22.6 Å². The number of fused-ring (bicyclic) bond motifs is 1. The van der Waals surface area contributed by atoms with Crippen LogP contribution in [-0.4, -0.2) is 45.6 Å². The summed E-state index contributed by atoms with van der Waals surface area (Å²) in [5.74, 6) is 0.325. The molecule has 0 saturated carbocycles. The molecule has 1 fully saturated rings. The van der Waals surface area contributed by atoms with Crippen LogP contribution in [0.3, 0.4) is 0 Å². The highest BCUT2D eigenvalue weighted by Crippen LogP contribution is 2.25. The maximum atomic E-state index is 13.3. The van der Waals surface area contributed by atoms with Crippen LogP contribution in [0, 0.1) is 5.92 Å². The van der Waals surface area contributed by atoms with Crippen LogP contribution in [0.2, 0.25) is 0 Å². The number of hydrogen-bond acceptors (Lipinski definition) is 5. The van der Waals surface area contributed by atoms with Crippen molar-refractivity contribution in [3.05, 3.63) is 73.1 Å². The highest BCUT2D eigenvalue weighted by atomic mass is 16.5. The van der Waals surface area contributed by atoms with E-state index in [-0.39, 0.29) is 12.5 Å². The molecule has 3 heterocycles. The Morgan fingerprint density at radius 3 is 2.60 bits per heavy atom. The maximum Gasteiger partial charge on any atom is 0.248 e. The van der Waals surface area contributed by atoms with Crippen molar-refractivity contribution in [3.63, 3.8) is 0 Å². The van der Waals surface area contributed by atoms with Gasteiger partial charge in [0.25, 0.3) is 0 Å². The molecule has 4 aromatic rings. The van der Waals surface area contributed by atoms with Crippen molar-refractivity contribution in [2.45, 2.75) is 6.54 Å². The number of pyridine rings is 1. The van der Waals surface area contributed by atoms with Crippen molar-refractivity contribution in [1.82, 2.24) is 20.0 Å². The summed E-state index contributed by atoms with van der Waals surface area (Å²) in [5.41, 5.74) is 4.61. The number of carbonyl (C=O) groups excluding carboxylic acids is 1. The Labute approximate surface area is 173 Å². The van der Waals surface area contributed by atoms with Gasteiger partial charge in [-0.15, -0.1) is 5.10 Å². The van der Waals surface area contributed by atoms with E-state index in [1.165, 1.54) is 0 Å². The maximum absolute atomic E-state index is 13.3. The third-order valence-corrected chi connectivity index (χ3v) is 5.33. The average Bonchev–Trinajstić information content (AvgIpc) is 3.17. The Balaban J connectivity index is 1.40. The number of carbonyl (C=O) groups is 1. The Kier molecular flexibility index (Phi) is 4.94. The summed E-state index contributed by atoms with van der Waals surface area (Å²) < 4.78 is 6.98. The highest BCUT2D eigenvalue weighted by molar-refractivity contribution is 5.94. The Morgan fingerprint density at radius 1 is 1.03 bits per heavy atom. The number of ether oxygens (including phenoxy) is 1. The smallest absolute Gasteiger partial charge is 0.248 e. The fourth-order valence-corrected chi connectivity index (χ4v) is 3.61. The molecule has 2 aromatic carbocycles. The molecular weight excluding hydrogens is 378 g/mol. The standard InChI is InChI=1S/C23H21N5O2/c29-23(14-28-22-6-2-1-5-21(22)25-26-28)27(13-17-15-30-16-17)20-9-7-18(8-10-20)19-4-3-11-24-12-19/h1-12,17H,13-16H2. The van der Waals surface area contributed by atoms with Crippen molar-refractivity contribution in [1.29, 1.82) is 0 Å². The SMILES string of the molecule is O=C(Cn1nnc2ccccc21)N(CC1COC1)c1ccc(-c2cccnc2)cc1. The van der Waals surface area contributed by atoms with Crippen LogP contribution >= 0.6 is 0 Å². The molecule has 0 bridgehead atoms. The first-order valence-electron chi connectivity index (χ1n) is 9.95. The first kappa shape index (κ1) is 18.4. The second kappa shape index (κ2) is 8.04. The molecule has 0 aliphatic carbocycles. The van der Waals surface area contributed by atoms with Crippen LogP contribution in [-0.2, 0) is 16.1 Å². The van der Waals surface area contributed by atoms with Crippen molar-refractivity contribution < 1.29 is 9.53 Å². The third kappa shape index (κ3) is 3.67. The molecular formula is C23H21N5O2. The fourth-order valence-electron chi connectivity index (χ4n) is 3.61. The minimum Gasteiger partial charge on any atom is -0.381 e. The van der Waals surface area contributed by atoms with E-state index in [9.17, 15) is 4.79 Å². The minimum absolute atomic E-state index is 0.0216. The van der Waals surface area contributed by atoms with E-state index < -0.39 is 0 Å². The van der Waals surface area contributed by atoms with Crippen LogP contribution in [0.15, 0.2) is 73.1 Å². The Morgan fingerprint density at radius 2 is 1.87 bits per heavy atom. The van der Waals surface area contributed by atoms with E-state index in [1.54, 1.807) is 10.9 Å². The van der Waals surface area contributed by atoms with Gasteiger partial charge in [0.05, 0.1) is 18.7 Å². The van der Waals surface area contributed by atoms with E-state index in [2.05, 4.69) is 15.3 Å². The quantitative estimate of drug-likeness (QED) is 0.498. The summed E-state index contributed by atoms with van der Waals surface area (Å²) in [6.07, 6.45) is 3.59. The van der Waals surface area contributed by atoms with E-state index >= 15 is 0 Å².